The lowest BCUT2D eigenvalue weighted by atomic mass is 9.99. The number of rotatable bonds is 6. The lowest BCUT2D eigenvalue weighted by Gasteiger charge is -2.20. The normalized spacial score (nSPS) is 13.8. The number of carbonyl (C=O) groups excluding carboxylic acids is 1. The van der Waals surface area contributed by atoms with E-state index in [0.717, 1.165) is 6.07 Å². The number of amides is 1. The molecule has 0 heterocycles. The molecule has 2 unspecified atom stereocenters. The molecule has 0 fully saturated rings. The zero-order valence-electron chi connectivity index (χ0n) is 11.3. The Bertz CT molecular complexity index is 491. The Morgan fingerprint density at radius 1 is 1.35 bits per heavy atom. The molecular formula is C14H17F2NO3. The molecule has 4 nitrogen and oxygen atoms in total. The number of carboxylic acids is 1. The van der Waals surface area contributed by atoms with E-state index in [4.69, 9.17) is 5.11 Å². The predicted molar refractivity (Wildman–Crippen MR) is 69.7 cm³/mol. The smallest absolute Gasteiger partial charge is 0.326 e. The van der Waals surface area contributed by atoms with Gasteiger partial charge in [-0.2, -0.15) is 0 Å². The fraction of sp³-hybridized carbons (Fsp3) is 0.429. The highest BCUT2D eigenvalue weighted by molar-refractivity contribution is 5.96. The minimum absolute atomic E-state index is 0.0253. The first-order valence-corrected chi connectivity index (χ1v) is 6.28. The Labute approximate surface area is 115 Å². The number of carbonyl (C=O) groups is 2. The molecule has 0 radical (unpaired) electrons. The summed E-state index contributed by atoms with van der Waals surface area (Å²) < 4.78 is 25.1. The quantitative estimate of drug-likeness (QED) is 0.844. The second-order valence-corrected chi connectivity index (χ2v) is 4.60. The minimum atomic E-state index is -2.67. The third-order valence-electron chi connectivity index (χ3n) is 3.17. The summed E-state index contributed by atoms with van der Waals surface area (Å²) in [5.41, 5.74) is -0.245. The van der Waals surface area contributed by atoms with E-state index < -0.39 is 24.3 Å². The number of nitrogens with one attached hydrogen (secondary N) is 1. The first kappa shape index (κ1) is 16.1. The lowest BCUT2D eigenvalue weighted by Crippen LogP contribution is -2.45. The van der Waals surface area contributed by atoms with Gasteiger partial charge in [0.1, 0.15) is 6.04 Å². The molecule has 0 aliphatic rings. The topological polar surface area (TPSA) is 66.4 Å². The largest absolute Gasteiger partial charge is 0.480 e. The Hall–Kier alpha value is -1.98. The molecule has 110 valence electrons. The van der Waals surface area contributed by atoms with Gasteiger partial charge >= 0.3 is 5.97 Å². The minimum Gasteiger partial charge on any atom is -0.480 e. The summed E-state index contributed by atoms with van der Waals surface area (Å²) in [6.07, 6.45) is -2.10. The van der Waals surface area contributed by atoms with Crippen LogP contribution < -0.4 is 5.32 Å². The van der Waals surface area contributed by atoms with Crippen molar-refractivity contribution in [2.24, 2.45) is 5.92 Å². The maximum atomic E-state index is 12.6. The molecule has 1 amide bonds. The molecule has 0 aliphatic carbocycles. The van der Waals surface area contributed by atoms with Crippen molar-refractivity contribution in [1.29, 1.82) is 0 Å². The van der Waals surface area contributed by atoms with Crippen molar-refractivity contribution in [2.75, 3.05) is 0 Å². The first-order chi connectivity index (χ1) is 9.36. The molecule has 2 atom stereocenters. The van der Waals surface area contributed by atoms with Gasteiger partial charge in [0.25, 0.3) is 12.3 Å². The second kappa shape index (κ2) is 6.98. The van der Waals surface area contributed by atoms with Gasteiger partial charge in [-0.1, -0.05) is 32.4 Å². The van der Waals surface area contributed by atoms with E-state index in [1.165, 1.54) is 18.2 Å². The molecule has 2 N–H and O–H groups in total. The van der Waals surface area contributed by atoms with Crippen LogP contribution in [0.25, 0.3) is 0 Å². The van der Waals surface area contributed by atoms with E-state index in [1.807, 2.05) is 6.92 Å². The summed E-state index contributed by atoms with van der Waals surface area (Å²) in [4.78, 5) is 23.0. The van der Waals surface area contributed by atoms with Crippen LogP contribution in [0.15, 0.2) is 24.3 Å². The highest BCUT2D eigenvalue weighted by Crippen LogP contribution is 2.19. The number of halogens is 2. The van der Waals surface area contributed by atoms with Crippen LogP contribution in [0.1, 0.15) is 42.6 Å². The van der Waals surface area contributed by atoms with Gasteiger partial charge in [-0.3, -0.25) is 4.79 Å². The summed E-state index contributed by atoms with van der Waals surface area (Å²) in [6, 6.07) is 3.95. The average Bonchev–Trinajstić information content (AvgIpc) is 2.43. The predicted octanol–water partition coefficient (Wildman–Crippen LogP) is 2.85. The van der Waals surface area contributed by atoms with Crippen LogP contribution in [0.3, 0.4) is 0 Å². The molecule has 0 aromatic heterocycles. The standard InChI is InChI=1S/C14H17F2NO3/c1-3-8(2)11(14(19)20)17-13(18)10-6-4-5-9(7-10)12(15)16/h4-8,11-12H,3H2,1-2H3,(H,17,18)(H,19,20). The lowest BCUT2D eigenvalue weighted by molar-refractivity contribution is -0.140. The Morgan fingerprint density at radius 2 is 2.00 bits per heavy atom. The molecule has 6 heteroatoms. The highest BCUT2D eigenvalue weighted by Gasteiger charge is 2.25. The van der Waals surface area contributed by atoms with E-state index in [1.54, 1.807) is 6.92 Å². The number of carboxylic acid groups (broad SMARTS) is 1. The SMILES string of the molecule is CCC(C)C(NC(=O)c1cccc(C(F)F)c1)C(=O)O. The fourth-order valence-electron chi connectivity index (χ4n) is 1.72. The zero-order valence-corrected chi connectivity index (χ0v) is 11.3. The van der Waals surface area contributed by atoms with Crippen LogP contribution in [0.4, 0.5) is 8.78 Å². The van der Waals surface area contributed by atoms with Crippen molar-refractivity contribution in [3.05, 3.63) is 35.4 Å². The van der Waals surface area contributed by atoms with Gasteiger partial charge in [0.15, 0.2) is 0 Å². The molecule has 20 heavy (non-hydrogen) atoms. The van der Waals surface area contributed by atoms with Gasteiger partial charge in [0.05, 0.1) is 0 Å². The van der Waals surface area contributed by atoms with Gasteiger partial charge in [-0.05, 0) is 18.1 Å². The molecule has 1 aromatic carbocycles. The number of benzene rings is 1. The van der Waals surface area contributed by atoms with E-state index in [0.29, 0.717) is 6.42 Å². The van der Waals surface area contributed by atoms with E-state index in [2.05, 4.69) is 5.32 Å². The summed E-state index contributed by atoms with van der Waals surface area (Å²) >= 11 is 0. The Balaban J connectivity index is 2.89. The number of hydrogen-bond acceptors (Lipinski definition) is 2. The van der Waals surface area contributed by atoms with Crippen molar-refractivity contribution in [3.8, 4) is 0 Å². The number of hydrogen-bond donors (Lipinski definition) is 2. The van der Waals surface area contributed by atoms with Crippen LogP contribution >= 0.6 is 0 Å². The van der Waals surface area contributed by atoms with E-state index in [9.17, 15) is 18.4 Å². The summed E-state index contributed by atoms with van der Waals surface area (Å²) in [7, 11) is 0. The van der Waals surface area contributed by atoms with Crippen molar-refractivity contribution in [2.45, 2.75) is 32.7 Å². The number of alkyl halides is 2. The maximum Gasteiger partial charge on any atom is 0.326 e. The van der Waals surface area contributed by atoms with E-state index in [-0.39, 0.29) is 17.0 Å². The molecule has 0 aliphatic heterocycles. The van der Waals surface area contributed by atoms with Crippen molar-refractivity contribution >= 4 is 11.9 Å². The van der Waals surface area contributed by atoms with Crippen LogP contribution in [-0.2, 0) is 4.79 Å². The molecule has 1 rings (SSSR count). The van der Waals surface area contributed by atoms with Crippen LogP contribution in [0.2, 0.25) is 0 Å². The monoisotopic (exact) mass is 285 g/mol. The molecule has 0 saturated heterocycles. The first-order valence-electron chi connectivity index (χ1n) is 6.28. The van der Waals surface area contributed by atoms with Crippen molar-refractivity contribution in [1.82, 2.24) is 5.32 Å². The fourth-order valence-corrected chi connectivity index (χ4v) is 1.72. The highest BCUT2D eigenvalue weighted by atomic mass is 19.3. The van der Waals surface area contributed by atoms with Crippen molar-refractivity contribution in [3.63, 3.8) is 0 Å². The summed E-state index contributed by atoms with van der Waals surface area (Å²) in [6.45, 7) is 3.51. The maximum absolute atomic E-state index is 12.6. The van der Waals surface area contributed by atoms with Crippen molar-refractivity contribution < 1.29 is 23.5 Å². The van der Waals surface area contributed by atoms with Gasteiger partial charge in [-0.25, -0.2) is 13.6 Å². The molecule has 1 aromatic rings. The third kappa shape index (κ3) is 4.01. The number of aliphatic carboxylic acids is 1. The van der Waals surface area contributed by atoms with Crippen LogP contribution in [0.5, 0.6) is 0 Å². The second-order valence-electron chi connectivity index (χ2n) is 4.60. The third-order valence-corrected chi connectivity index (χ3v) is 3.17. The van der Waals surface area contributed by atoms with Crippen LogP contribution in [-0.4, -0.2) is 23.0 Å². The van der Waals surface area contributed by atoms with E-state index >= 15 is 0 Å². The van der Waals surface area contributed by atoms with Crippen LogP contribution in [0, 0.1) is 5.92 Å². The average molecular weight is 285 g/mol. The van der Waals surface area contributed by atoms with Gasteiger partial charge in [-0.15, -0.1) is 0 Å². The summed E-state index contributed by atoms with van der Waals surface area (Å²) in [5.74, 6) is -2.06. The molecule has 0 bridgehead atoms. The van der Waals surface area contributed by atoms with Gasteiger partial charge in [0, 0.05) is 11.1 Å². The summed E-state index contributed by atoms with van der Waals surface area (Å²) in [5, 5.41) is 11.4. The molecule has 0 saturated carbocycles. The molecular weight excluding hydrogens is 268 g/mol. The Kier molecular flexibility index (Phi) is 5.61. The Morgan fingerprint density at radius 3 is 2.50 bits per heavy atom. The molecule has 0 spiro atoms. The van der Waals surface area contributed by atoms with Gasteiger partial charge < -0.3 is 10.4 Å². The van der Waals surface area contributed by atoms with Gasteiger partial charge in [0.2, 0.25) is 0 Å². The zero-order chi connectivity index (χ0) is 15.3.